The van der Waals surface area contributed by atoms with Gasteiger partial charge >= 0.3 is 0 Å². The second kappa shape index (κ2) is 11.2. The maximum atomic E-state index is 6.33. The second-order valence-electron chi connectivity index (χ2n) is 5.98. The Morgan fingerprint density at radius 1 is 0.833 bits per heavy atom. The molecule has 0 aliphatic carbocycles. The van der Waals surface area contributed by atoms with E-state index < -0.39 is 0 Å². The Balaban J connectivity index is 1.70. The number of rotatable bonds is 8. The largest absolute Gasteiger partial charge is 0.489 e. The van der Waals surface area contributed by atoms with Crippen molar-refractivity contribution in [2.75, 3.05) is 6.61 Å². The lowest BCUT2D eigenvalue weighted by Gasteiger charge is -2.14. The minimum absolute atomic E-state index is 0.121. The Kier molecular flexibility index (Phi) is 8.61. The van der Waals surface area contributed by atoms with Gasteiger partial charge in [0.1, 0.15) is 35.0 Å². The standard InChI is InChI=1S/C22H15BrCl4O3/c23-18-7-6-16(30-15-4-2-1-3-5-15)10-14(18)13-29-22-19(24)11-17(12-20(22)25)28-9-8-21(26)27/h1-8,10-12H,9,13H2. The molecule has 3 rings (SSSR count). The van der Waals surface area contributed by atoms with Gasteiger partial charge in [-0.05, 0) is 36.4 Å². The number of halogens is 5. The van der Waals surface area contributed by atoms with E-state index in [1.807, 2.05) is 48.5 Å². The molecule has 0 saturated heterocycles. The van der Waals surface area contributed by atoms with Crippen LogP contribution in [0.3, 0.4) is 0 Å². The molecule has 156 valence electrons. The van der Waals surface area contributed by atoms with E-state index in [9.17, 15) is 0 Å². The van der Waals surface area contributed by atoms with E-state index in [2.05, 4.69) is 15.9 Å². The average molecular weight is 549 g/mol. The highest BCUT2D eigenvalue weighted by Crippen LogP contribution is 2.38. The second-order valence-corrected chi connectivity index (χ2v) is 8.65. The predicted molar refractivity (Wildman–Crippen MR) is 127 cm³/mol. The first-order chi connectivity index (χ1) is 14.4. The van der Waals surface area contributed by atoms with Gasteiger partial charge in [0.05, 0.1) is 10.0 Å². The van der Waals surface area contributed by atoms with Crippen molar-refractivity contribution < 1.29 is 14.2 Å². The van der Waals surface area contributed by atoms with Crippen molar-refractivity contribution in [3.05, 3.63) is 91.3 Å². The number of hydrogen-bond acceptors (Lipinski definition) is 3. The molecule has 0 N–H and O–H groups in total. The predicted octanol–water partition coefficient (Wildman–Crippen LogP) is 8.82. The van der Waals surface area contributed by atoms with Crippen LogP contribution in [0.15, 0.2) is 75.7 Å². The highest BCUT2D eigenvalue weighted by atomic mass is 79.9. The van der Waals surface area contributed by atoms with Crippen molar-refractivity contribution in [3.8, 4) is 23.0 Å². The molecule has 0 aliphatic rings. The summed E-state index contributed by atoms with van der Waals surface area (Å²) in [5.74, 6) is 2.27. The minimum Gasteiger partial charge on any atom is -0.489 e. The van der Waals surface area contributed by atoms with Gasteiger partial charge in [0.15, 0.2) is 5.75 Å². The highest BCUT2D eigenvalue weighted by Gasteiger charge is 2.12. The molecule has 0 unspecified atom stereocenters. The fraction of sp³-hybridized carbons (Fsp3) is 0.0909. The number of benzene rings is 3. The topological polar surface area (TPSA) is 27.7 Å². The molecule has 3 nitrogen and oxygen atoms in total. The summed E-state index contributed by atoms with van der Waals surface area (Å²) in [6.45, 7) is 0.424. The van der Waals surface area contributed by atoms with Gasteiger partial charge in [-0.15, -0.1) is 0 Å². The Bertz CT molecular complexity index is 1010. The summed E-state index contributed by atoms with van der Waals surface area (Å²) < 4.78 is 18.2. The van der Waals surface area contributed by atoms with Crippen LogP contribution in [-0.2, 0) is 6.61 Å². The lowest BCUT2D eigenvalue weighted by molar-refractivity contribution is 0.304. The van der Waals surface area contributed by atoms with Gasteiger partial charge in [0.25, 0.3) is 0 Å². The first-order valence-electron chi connectivity index (χ1n) is 8.69. The van der Waals surface area contributed by atoms with Gasteiger partial charge in [-0.3, -0.25) is 0 Å². The lowest BCUT2D eigenvalue weighted by Crippen LogP contribution is -2.00. The van der Waals surface area contributed by atoms with Crippen LogP contribution in [0.5, 0.6) is 23.0 Å². The van der Waals surface area contributed by atoms with E-state index in [1.165, 1.54) is 6.08 Å². The van der Waals surface area contributed by atoms with Crippen LogP contribution in [0.2, 0.25) is 10.0 Å². The van der Waals surface area contributed by atoms with E-state index in [1.54, 1.807) is 12.1 Å². The first kappa shape index (κ1) is 23.1. The van der Waals surface area contributed by atoms with Crippen molar-refractivity contribution in [1.82, 2.24) is 0 Å². The van der Waals surface area contributed by atoms with Gasteiger partial charge in [0, 0.05) is 22.2 Å². The summed E-state index contributed by atoms with van der Waals surface area (Å²) in [6.07, 6.45) is 1.51. The molecule has 0 radical (unpaired) electrons. The maximum Gasteiger partial charge on any atom is 0.157 e. The molecule has 0 aliphatic heterocycles. The fourth-order valence-electron chi connectivity index (χ4n) is 2.46. The van der Waals surface area contributed by atoms with Crippen LogP contribution in [-0.4, -0.2) is 6.61 Å². The van der Waals surface area contributed by atoms with Gasteiger partial charge in [0.2, 0.25) is 0 Å². The van der Waals surface area contributed by atoms with Crippen molar-refractivity contribution in [1.29, 1.82) is 0 Å². The van der Waals surface area contributed by atoms with E-state index in [-0.39, 0.29) is 17.7 Å². The molecule has 0 spiro atoms. The Labute approximate surface area is 203 Å². The van der Waals surface area contributed by atoms with Crippen molar-refractivity contribution in [2.45, 2.75) is 6.61 Å². The van der Waals surface area contributed by atoms with Crippen molar-refractivity contribution in [3.63, 3.8) is 0 Å². The van der Waals surface area contributed by atoms with Crippen LogP contribution >= 0.6 is 62.3 Å². The SMILES string of the molecule is ClC(Cl)=CCOc1cc(Cl)c(OCc2cc(Oc3ccccc3)ccc2Br)c(Cl)c1. The molecule has 3 aromatic rings. The third-order valence-corrected chi connectivity index (χ3v) is 5.47. The van der Waals surface area contributed by atoms with Gasteiger partial charge in [-0.2, -0.15) is 0 Å². The summed E-state index contributed by atoms with van der Waals surface area (Å²) in [6, 6.07) is 18.4. The summed E-state index contributed by atoms with van der Waals surface area (Å²) in [5, 5.41) is 0.650. The van der Waals surface area contributed by atoms with Crippen LogP contribution in [0.25, 0.3) is 0 Å². The Hall–Kier alpha value is -1.56. The third kappa shape index (κ3) is 6.73. The normalized spacial score (nSPS) is 10.4. The van der Waals surface area contributed by atoms with Crippen LogP contribution in [0, 0.1) is 0 Å². The molecule has 0 aromatic heterocycles. The molecule has 0 bridgehead atoms. The molecular weight excluding hydrogens is 534 g/mol. The molecule has 3 aromatic carbocycles. The Morgan fingerprint density at radius 2 is 1.53 bits per heavy atom. The molecule has 0 saturated carbocycles. The van der Waals surface area contributed by atoms with Gasteiger partial charge in [-0.25, -0.2) is 0 Å². The van der Waals surface area contributed by atoms with Gasteiger partial charge in [-0.1, -0.05) is 80.5 Å². The molecule has 0 atom stereocenters. The number of hydrogen-bond donors (Lipinski definition) is 0. The molecular formula is C22H15BrCl4O3. The Morgan fingerprint density at radius 3 is 2.20 bits per heavy atom. The van der Waals surface area contributed by atoms with E-state index in [0.29, 0.717) is 27.3 Å². The fourth-order valence-corrected chi connectivity index (χ4v) is 3.52. The molecule has 0 amide bonds. The molecule has 0 fully saturated rings. The zero-order valence-corrected chi connectivity index (χ0v) is 20.0. The highest BCUT2D eigenvalue weighted by molar-refractivity contribution is 9.10. The lowest BCUT2D eigenvalue weighted by atomic mass is 10.2. The maximum absolute atomic E-state index is 6.33. The van der Waals surface area contributed by atoms with Gasteiger partial charge < -0.3 is 14.2 Å². The third-order valence-electron chi connectivity index (χ3n) is 3.83. The zero-order chi connectivity index (χ0) is 21.5. The van der Waals surface area contributed by atoms with Crippen LogP contribution in [0.4, 0.5) is 0 Å². The monoisotopic (exact) mass is 546 g/mol. The first-order valence-corrected chi connectivity index (χ1v) is 11.0. The zero-order valence-electron chi connectivity index (χ0n) is 15.4. The van der Waals surface area contributed by atoms with Crippen molar-refractivity contribution in [2.24, 2.45) is 0 Å². The summed E-state index contributed by atoms with van der Waals surface area (Å²) >= 11 is 27.3. The average Bonchev–Trinajstić information content (AvgIpc) is 2.70. The number of ether oxygens (including phenoxy) is 3. The van der Waals surface area contributed by atoms with E-state index >= 15 is 0 Å². The summed E-state index contributed by atoms with van der Waals surface area (Å²) in [4.78, 5) is 0. The molecule has 30 heavy (non-hydrogen) atoms. The molecule has 0 heterocycles. The quantitative estimate of drug-likeness (QED) is 0.281. The van der Waals surface area contributed by atoms with Crippen LogP contribution in [0.1, 0.15) is 5.56 Å². The van der Waals surface area contributed by atoms with Crippen LogP contribution < -0.4 is 14.2 Å². The van der Waals surface area contributed by atoms with E-state index in [4.69, 9.17) is 60.6 Å². The summed E-state index contributed by atoms with van der Waals surface area (Å²) in [7, 11) is 0. The smallest absolute Gasteiger partial charge is 0.157 e. The summed E-state index contributed by atoms with van der Waals surface area (Å²) in [5.41, 5.74) is 0.873. The van der Waals surface area contributed by atoms with Crippen molar-refractivity contribution >= 4 is 62.3 Å². The number of para-hydroxylation sites is 1. The van der Waals surface area contributed by atoms with E-state index in [0.717, 1.165) is 15.8 Å². The molecule has 8 heteroatoms. The minimum atomic E-state index is 0.121.